The van der Waals surface area contributed by atoms with Gasteiger partial charge in [-0.2, -0.15) is 11.8 Å². The molecule has 1 aliphatic heterocycles. The van der Waals surface area contributed by atoms with Gasteiger partial charge >= 0.3 is 12.0 Å². The Hall–Kier alpha value is -0.950. The number of carbonyl (C=O) groups excluding carboxylic acids is 1. The van der Waals surface area contributed by atoms with Crippen LogP contribution in [-0.4, -0.2) is 66.4 Å². The number of amides is 2. The van der Waals surface area contributed by atoms with E-state index in [0.29, 0.717) is 18.7 Å². The minimum atomic E-state index is -0.993. The molecule has 0 aromatic heterocycles. The molecule has 110 valence electrons. The van der Waals surface area contributed by atoms with E-state index in [9.17, 15) is 9.59 Å². The zero-order valence-electron chi connectivity index (χ0n) is 11.4. The summed E-state index contributed by atoms with van der Waals surface area (Å²) in [5.74, 6) is -0.292. The Labute approximate surface area is 117 Å². The summed E-state index contributed by atoms with van der Waals surface area (Å²) in [4.78, 5) is 24.4. The number of nitrogens with zero attached hydrogens (tertiary/aromatic N) is 1. The number of carbonyl (C=O) groups is 2. The molecule has 0 spiro atoms. The third kappa shape index (κ3) is 5.69. The molecular weight excluding hydrogens is 268 g/mol. The van der Waals surface area contributed by atoms with Gasteiger partial charge in [-0.05, 0) is 31.3 Å². The zero-order valence-corrected chi connectivity index (χ0v) is 12.2. The minimum absolute atomic E-state index is 0.0743. The van der Waals surface area contributed by atoms with Crippen molar-refractivity contribution in [3.05, 3.63) is 0 Å². The van der Waals surface area contributed by atoms with Gasteiger partial charge in [0.15, 0.2) is 0 Å². The Balaban J connectivity index is 2.38. The summed E-state index contributed by atoms with van der Waals surface area (Å²) in [7, 11) is 1.66. The highest BCUT2D eigenvalue weighted by Gasteiger charge is 2.24. The van der Waals surface area contributed by atoms with Crippen LogP contribution in [0.25, 0.3) is 0 Å². The SMILES string of the molecule is CSCCC(NC(=O)N(C)CC1CCCO1)C(=O)O. The first-order valence-corrected chi connectivity index (χ1v) is 7.79. The average molecular weight is 290 g/mol. The number of rotatable bonds is 7. The molecule has 1 saturated heterocycles. The van der Waals surface area contributed by atoms with E-state index in [4.69, 9.17) is 9.84 Å². The van der Waals surface area contributed by atoms with Crippen molar-refractivity contribution in [3.8, 4) is 0 Å². The molecule has 2 unspecified atom stereocenters. The number of hydrogen-bond acceptors (Lipinski definition) is 4. The number of aliphatic carboxylic acids is 1. The van der Waals surface area contributed by atoms with E-state index in [1.54, 1.807) is 18.8 Å². The predicted molar refractivity (Wildman–Crippen MR) is 74.6 cm³/mol. The van der Waals surface area contributed by atoms with Crippen molar-refractivity contribution in [2.45, 2.75) is 31.4 Å². The zero-order chi connectivity index (χ0) is 14.3. The monoisotopic (exact) mass is 290 g/mol. The van der Waals surface area contributed by atoms with E-state index in [1.165, 1.54) is 4.90 Å². The van der Waals surface area contributed by atoms with Crippen LogP contribution in [0, 0.1) is 0 Å². The number of thioether (sulfide) groups is 1. The lowest BCUT2D eigenvalue weighted by atomic mass is 10.2. The molecule has 1 rings (SSSR count). The highest BCUT2D eigenvalue weighted by molar-refractivity contribution is 7.98. The molecule has 0 saturated carbocycles. The molecule has 2 amide bonds. The summed E-state index contributed by atoms with van der Waals surface area (Å²) in [5.41, 5.74) is 0. The van der Waals surface area contributed by atoms with Gasteiger partial charge in [-0.1, -0.05) is 0 Å². The first kappa shape index (κ1) is 16.1. The fraction of sp³-hybridized carbons (Fsp3) is 0.833. The second-order valence-electron chi connectivity index (χ2n) is 4.64. The van der Waals surface area contributed by atoms with Gasteiger partial charge in [0.1, 0.15) is 6.04 Å². The van der Waals surface area contributed by atoms with Crippen molar-refractivity contribution in [2.75, 3.05) is 32.2 Å². The van der Waals surface area contributed by atoms with Crippen LogP contribution in [0.4, 0.5) is 4.79 Å². The van der Waals surface area contributed by atoms with Crippen molar-refractivity contribution < 1.29 is 19.4 Å². The summed E-state index contributed by atoms with van der Waals surface area (Å²) < 4.78 is 5.45. The minimum Gasteiger partial charge on any atom is -0.480 e. The molecule has 0 radical (unpaired) electrons. The Bertz CT molecular complexity index is 308. The highest BCUT2D eigenvalue weighted by Crippen LogP contribution is 2.12. The van der Waals surface area contributed by atoms with Crippen molar-refractivity contribution in [1.29, 1.82) is 0 Å². The summed E-state index contributed by atoms with van der Waals surface area (Å²) in [6.07, 6.45) is 4.38. The van der Waals surface area contributed by atoms with Gasteiger partial charge in [0.25, 0.3) is 0 Å². The van der Waals surface area contributed by atoms with Gasteiger partial charge in [-0.25, -0.2) is 9.59 Å². The lowest BCUT2D eigenvalue weighted by Gasteiger charge is -2.23. The number of urea groups is 1. The predicted octanol–water partition coefficient (Wildman–Crippen LogP) is 1.01. The lowest BCUT2D eigenvalue weighted by molar-refractivity contribution is -0.139. The maximum atomic E-state index is 11.9. The fourth-order valence-electron chi connectivity index (χ4n) is 1.93. The van der Waals surface area contributed by atoms with E-state index >= 15 is 0 Å². The first-order chi connectivity index (χ1) is 9.04. The molecule has 0 aromatic carbocycles. The van der Waals surface area contributed by atoms with Gasteiger partial charge < -0.3 is 20.1 Å². The Morgan fingerprint density at radius 2 is 2.32 bits per heavy atom. The number of likely N-dealkylation sites (N-methyl/N-ethyl adjacent to an activating group) is 1. The average Bonchev–Trinajstić information content (AvgIpc) is 2.86. The molecule has 6 nitrogen and oxygen atoms in total. The van der Waals surface area contributed by atoms with Crippen LogP contribution in [-0.2, 0) is 9.53 Å². The van der Waals surface area contributed by atoms with E-state index in [1.807, 2.05) is 6.26 Å². The van der Waals surface area contributed by atoms with Crippen LogP contribution in [0.5, 0.6) is 0 Å². The maximum absolute atomic E-state index is 11.9. The van der Waals surface area contributed by atoms with Gasteiger partial charge in [-0.15, -0.1) is 0 Å². The molecule has 1 fully saturated rings. The smallest absolute Gasteiger partial charge is 0.326 e. The molecule has 7 heteroatoms. The van der Waals surface area contributed by atoms with Crippen LogP contribution in [0.1, 0.15) is 19.3 Å². The van der Waals surface area contributed by atoms with Crippen LogP contribution in [0.15, 0.2) is 0 Å². The van der Waals surface area contributed by atoms with Crippen LogP contribution in [0.2, 0.25) is 0 Å². The third-order valence-electron chi connectivity index (χ3n) is 3.05. The molecule has 2 atom stereocenters. The van der Waals surface area contributed by atoms with Crippen molar-refractivity contribution >= 4 is 23.8 Å². The third-order valence-corrected chi connectivity index (χ3v) is 3.70. The second kappa shape index (κ2) is 8.27. The Morgan fingerprint density at radius 1 is 1.58 bits per heavy atom. The molecule has 0 aromatic rings. The van der Waals surface area contributed by atoms with E-state index in [2.05, 4.69) is 5.32 Å². The molecule has 1 heterocycles. The van der Waals surface area contributed by atoms with E-state index < -0.39 is 12.0 Å². The van der Waals surface area contributed by atoms with E-state index in [-0.39, 0.29) is 12.1 Å². The molecule has 0 bridgehead atoms. The van der Waals surface area contributed by atoms with Crippen molar-refractivity contribution in [2.24, 2.45) is 0 Å². The summed E-state index contributed by atoms with van der Waals surface area (Å²) in [5, 5.41) is 11.6. The summed E-state index contributed by atoms with van der Waals surface area (Å²) in [6.45, 7) is 1.24. The van der Waals surface area contributed by atoms with Gasteiger partial charge in [-0.3, -0.25) is 0 Å². The van der Waals surface area contributed by atoms with E-state index in [0.717, 1.165) is 19.4 Å². The normalized spacial score (nSPS) is 20.0. The van der Waals surface area contributed by atoms with Crippen LogP contribution >= 0.6 is 11.8 Å². The maximum Gasteiger partial charge on any atom is 0.326 e. The fourth-order valence-corrected chi connectivity index (χ4v) is 2.40. The Kier molecular flexibility index (Phi) is 7.01. The highest BCUT2D eigenvalue weighted by atomic mass is 32.2. The summed E-state index contributed by atoms with van der Waals surface area (Å²) in [6, 6.07) is -1.18. The van der Waals surface area contributed by atoms with Crippen LogP contribution < -0.4 is 5.32 Å². The topological polar surface area (TPSA) is 78.9 Å². The van der Waals surface area contributed by atoms with Crippen LogP contribution in [0.3, 0.4) is 0 Å². The largest absolute Gasteiger partial charge is 0.480 e. The standard InChI is InChI=1S/C12H22N2O4S/c1-14(8-9-4-3-6-18-9)12(17)13-10(11(15)16)5-7-19-2/h9-10H,3-8H2,1-2H3,(H,13,17)(H,15,16). The lowest BCUT2D eigenvalue weighted by Crippen LogP contribution is -2.48. The Morgan fingerprint density at radius 3 is 2.84 bits per heavy atom. The number of ether oxygens (including phenoxy) is 1. The summed E-state index contributed by atoms with van der Waals surface area (Å²) >= 11 is 1.56. The number of carboxylic acids is 1. The van der Waals surface area contributed by atoms with Gasteiger partial charge in [0.2, 0.25) is 0 Å². The molecule has 0 aliphatic carbocycles. The number of nitrogens with one attached hydrogen (secondary N) is 1. The molecule has 1 aliphatic rings. The number of hydrogen-bond donors (Lipinski definition) is 2. The van der Waals surface area contributed by atoms with Crippen molar-refractivity contribution in [3.63, 3.8) is 0 Å². The van der Waals surface area contributed by atoms with Gasteiger partial charge in [0, 0.05) is 20.2 Å². The van der Waals surface area contributed by atoms with Gasteiger partial charge in [0.05, 0.1) is 6.10 Å². The molecule has 19 heavy (non-hydrogen) atoms. The number of carboxylic acid groups (broad SMARTS) is 1. The van der Waals surface area contributed by atoms with Crippen molar-refractivity contribution in [1.82, 2.24) is 10.2 Å². The first-order valence-electron chi connectivity index (χ1n) is 6.39. The molecular formula is C12H22N2O4S. The second-order valence-corrected chi connectivity index (χ2v) is 5.62. The molecule has 2 N–H and O–H groups in total. The quantitative estimate of drug-likeness (QED) is 0.731.